The molecule has 31 heavy (non-hydrogen) atoms. The van der Waals surface area contributed by atoms with Crippen molar-refractivity contribution in [3.63, 3.8) is 0 Å². The first-order valence-electron chi connectivity index (χ1n) is 11.6. The van der Waals surface area contributed by atoms with Crippen molar-refractivity contribution in [1.82, 2.24) is 5.32 Å². The number of carbonyl (C=O) groups is 1. The molecule has 2 aromatic rings. The van der Waals surface area contributed by atoms with Crippen LogP contribution in [-0.4, -0.2) is 37.8 Å². The van der Waals surface area contributed by atoms with E-state index in [1.807, 2.05) is 30.3 Å². The maximum Gasteiger partial charge on any atom is 0.251 e. The van der Waals surface area contributed by atoms with Gasteiger partial charge in [-0.15, -0.1) is 0 Å². The number of rotatable bonds is 14. The Hall–Kier alpha value is -2.69. The molecule has 0 saturated heterocycles. The van der Waals surface area contributed by atoms with E-state index in [2.05, 4.69) is 31.1 Å². The van der Waals surface area contributed by atoms with Gasteiger partial charge in [-0.05, 0) is 55.2 Å². The largest absolute Gasteiger partial charge is 0.508 e. The summed E-state index contributed by atoms with van der Waals surface area (Å²) in [5, 5.41) is 12.4. The van der Waals surface area contributed by atoms with Crippen molar-refractivity contribution < 1.29 is 14.6 Å². The van der Waals surface area contributed by atoms with Crippen molar-refractivity contribution in [2.75, 3.05) is 31.6 Å². The molecule has 2 N–H and O–H groups in total. The van der Waals surface area contributed by atoms with Crippen LogP contribution in [0.15, 0.2) is 42.5 Å². The molecule has 0 saturated carbocycles. The van der Waals surface area contributed by atoms with Gasteiger partial charge in [-0.2, -0.15) is 0 Å². The summed E-state index contributed by atoms with van der Waals surface area (Å²) < 4.78 is 6.06. The fraction of sp³-hybridized carbons (Fsp3) is 0.500. The number of benzene rings is 2. The van der Waals surface area contributed by atoms with Crippen molar-refractivity contribution in [1.29, 1.82) is 0 Å². The van der Waals surface area contributed by atoms with Crippen LogP contribution in [0.5, 0.6) is 11.5 Å². The Kier molecular flexibility index (Phi) is 10.8. The first-order chi connectivity index (χ1) is 15.0. The Morgan fingerprint density at radius 3 is 2.42 bits per heavy atom. The second-order valence-electron chi connectivity index (χ2n) is 8.04. The third kappa shape index (κ3) is 8.52. The number of hydrogen-bond acceptors (Lipinski definition) is 4. The Balaban J connectivity index is 2.02. The van der Waals surface area contributed by atoms with E-state index in [0.717, 1.165) is 49.2 Å². The minimum atomic E-state index is -0.0838. The molecule has 170 valence electrons. The van der Waals surface area contributed by atoms with Gasteiger partial charge in [0.2, 0.25) is 0 Å². The van der Waals surface area contributed by atoms with E-state index < -0.39 is 0 Å². The van der Waals surface area contributed by atoms with Gasteiger partial charge in [0.25, 0.3) is 5.91 Å². The highest BCUT2D eigenvalue weighted by atomic mass is 16.5. The van der Waals surface area contributed by atoms with Crippen LogP contribution in [0.2, 0.25) is 0 Å². The number of nitrogens with zero attached hydrogens (tertiary/aromatic N) is 1. The molecule has 2 rings (SSSR count). The number of phenolic OH excluding ortho intramolecular Hbond substituents is 1. The Morgan fingerprint density at radius 1 is 1.00 bits per heavy atom. The van der Waals surface area contributed by atoms with Crippen LogP contribution >= 0.6 is 0 Å². The lowest BCUT2D eigenvalue weighted by Gasteiger charge is -2.23. The van der Waals surface area contributed by atoms with E-state index in [9.17, 15) is 9.90 Å². The summed E-state index contributed by atoms with van der Waals surface area (Å²) in [7, 11) is 2.07. The number of ether oxygens (including phenoxy) is 1. The highest BCUT2D eigenvalue weighted by molar-refractivity contribution is 5.95. The quantitative estimate of drug-likeness (QED) is 0.388. The molecule has 0 unspecified atom stereocenters. The molecule has 5 heteroatoms. The number of amides is 1. The lowest BCUT2D eigenvalue weighted by atomic mass is 10.1. The minimum Gasteiger partial charge on any atom is -0.508 e. The zero-order valence-electron chi connectivity index (χ0n) is 19.3. The van der Waals surface area contributed by atoms with Crippen molar-refractivity contribution >= 4 is 11.6 Å². The maximum absolute atomic E-state index is 12.7. The fourth-order valence-corrected chi connectivity index (χ4v) is 3.42. The lowest BCUT2D eigenvalue weighted by Crippen LogP contribution is -2.26. The molecular formula is C26H38N2O3. The van der Waals surface area contributed by atoms with Gasteiger partial charge in [-0.25, -0.2) is 0 Å². The van der Waals surface area contributed by atoms with Gasteiger partial charge in [0, 0.05) is 25.7 Å². The number of hydrogen-bond donors (Lipinski definition) is 2. The fourth-order valence-electron chi connectivity index (χ4n) is 3.42. The Morgan fingerprint density at radius 2 is 1.71 bits per heavy atom. The SMILES string of the molecule is CCCCCOc1ccc(C(=O)NCCc2ccc(O)cc2)cc1N(C)CCCCC. The van der Waals surface area contributed by atoms with E-state index in [4.69, 9.17) is 4.74 Å². The second-order valence-corrected chi connectivity index (χ2v) is 8.04. The molecule has 0 aliphatic heterocycles. The predicted molar refractivity (Wildman–Crippen MR) is 128 cm³/mol. The molecule has 0 fully saturated rings. The van der Waals surface area contributed by atoms with Gasteiger partial charge in [0.15, 0.2) is 0 Å². The summed E-state index contributed by atoms with van der Waals surface area (Å²) in [5.41, 5.74) is 2.69. The lowest BCUT2D eigenvalue weighted by molar-refractivity contribution is 0.0954. The third-order valence-corrected chi connectivity index (χ3v) is 5.37. The molecule has 2 aromatic carbocycles. The van der Waals surface area contributed by atoms with Crippen LogP contribution < -0.4 is 15.0 Å². The zero-order chi connectivity index (χ0) is 22.5. The monoisotopic (exact) mass is 426 g/mol. The van der Waals surface area contributed by atoms with Crippen molar-refractivity contribution in [3.8, 4) is 11.5 Å². The van der Waals surface area contributed by atoms with Crippen molar-refractivity contribution in [2.45, 2.75) is 58.8 Å². The molecule has 5 nitrogen and oxygen atoms in total. The standard InChI is InChI=1S/C26H38N2O3/c1-4-6-8-18-28(3)24-20-22(12-15-25(24)31-19-9-7-5-2)26(30)27-17-16-21-10-13-23(29)14-11-21/h10-15,20,29H,4-9,16-19H2,1-3H3,(H,27,30). The highest BCUT2D eigenvalue weighted by Crippen LogP contribution is 2.29. The first-order valence-corrected chi connectivity index (χ1v) is 11.6. The van der Waals surface area contributed by atoms with Gasteiger partial charge >= 0.3 is 0 Å². The Bertz CT molecular complexity index is 790. The third-order valence-electron chi connectivity index (χ3n) is 5.37. The number of aromatic hydroxyl groups is 1. The van der Waals surface area contributed by atoms with Gasteiger partial charge in [0.05, 0.1) is 12.3 Å². The highest BCUT2D eigenvalue weighted by Gasteiger charge is 2.14. The van der Waals surface area contributed by atoms with Crippen LogP contribution in [-0.2, 0) is 6.42 Å². The molecular weight excluding hydrogens is 388 g/mol. The minimum absolute atomic E-state index is 0.0838. The summed E-state index contributed by atoms with van der Waals surface area (Å²) in [6.07, 6.45) is 7.56. The van der Waals surface area contributed by atoms with Crippen LogP contribution in [0.4, 0.5) is 5.69 Å². The smallest absolute Gasteiger partial charge is 0.251 e. The number of unbranched alkanes of at least 4 members (excludes halogenated alkanes) is 4. The zero-order valence-corrected chi connectivity index (χ0v) is 19.3. The van der Waals surface area contributed by atoms with Crippen LogP contribution in [0, 0.1) is 0 Å². The average molecular weight is 427 g/mol. The van der Waals surface area contributed by atoms with Crippen LogP contribution in [0.25, 0.3) is 0 Å². The second kappa shape index (κ2) is 13.6. The summed E-state index contributed by atoms with van der Waals surface area (Å²) in [6, 6.07) is 12.8. The predicted octanol–water partition coefficient (Wildman–Crippen LogP) is 5.56. The van der Waals surface area contributed by atoms with E-state index in [1.165, 1.54) is 12.8 Å². The van der Waals surface area contributed by atoms with Gasteiger partial charge in [-0.1, -0.05) is 51.7 Å². The summed E-state index contributed by atoms with van der Waals surface area (Å²) >= 11 is 0. The molecule has 0 aromatic heterocycles. The molecule has 0 radical (unpaired) electrons. The summed E-state index contributed by atoms with van der Waals surface area (Å²) in [6.45, 7) is 6.56. The Labute approximate surface area is 187 Å². The van der Waals surface area contributed by atoms with Crippen LogP contribution in [0.1, 0.15) is 68.3 Å². The molecule has 0 aliphatic rings. The number of nitrogens with one attached hydrogen (secondary N) is 1. The number of phenols is 1. The van der Waals surface area contributed by atoms with Crippen molar-refractivity contribution in [2.24, 2.45) is 0 Å². The number of carbonyl (C=O) groups excluding carboxylic acids is 1. The van der Waals surface area contributed by atoms with Gasteiger partial charge < -0.3 is 20.1 Å². The molecule has 0 aliphatic carbocycles. The number of anilines is 1. The summed E-state index contributed by atoms with van der Waals surface area (Å²) in [5.74, 6) is 1.01. The summed E-state index contributed by atoms with van der Waals surface area (Å²) in [4.78, 5) is 14.9. The van der Waals surface area contributed by atoms with Gasteiger partial charge in [0.1, 0.15) is 11.5 Å². The van der Waals surface area contributed by atoms with Crippen molar-refractivity contribution in [3.05, 3.63) is 53.6 Å². The first kappa shape index (κ1) is 24.6. The molecule has 0 atom stereocenters. The van der Waals surface area contributed by atoms with E-state index >= 15 is 0 Å². The van der Waals surface area contributed by atoms with E-state index in [0.29, 0.717) is 25.1 Å². The van der Waals surface area contributed by atoms with E-state index in [1.54, 1.807) is 12.1 Å². The van der Waals surface area contributed by atoms with Crippen LogP contribution in [0.3, 0.4) is 0 Å². The molecule has 0 heterocycles. The average Bonchev–Trinajstić information content (AvgIpc) is 2.78. The normalized spacial score (nSPS) is 10.7. The molecule has 1 amide bonds. The molecule has 0 bridgehead atoms. The topological polar surface area (TPSA) is 61.8 Å². The maximum atomic E-state index is 12.7. The molecule has 0 spiro atoms. The van der Waals surface area contributed by atoms with E-state index in [-0.39, 0.29) is 11.7 Å². The van der Waals surface area contributed by atoms with Gasteiger partial charge in [-0.3, -0.25) is 4.79 Å².